The van der Waals surface area contributed by atoms with Crippen molar-refractivity contribution in [3.05, 3.63) is 95.1 Å². The predicted molar refractivity (Wildman–Crippen MR) is 106 cm³/mol. The fourth-order valence-corrected chi connectivity index (χ4v) is 3.34. The lowest BCUT2D eigenvalue weighted by Crippen LogP contribution is -2.54. The third-order valence-electron chi connectivity index (χ3n) is 5.02. The maximum Gasteiger partial charge on any atom is 0.242 e. The normalized spacial score (nSPS) is 13.1. The van der Waals surface area contributed by atoms with Crippen LogP contribution in [0.1, 0.15) is 27.8 Å². The van der Waals surface area contributed by atoms with Crippen LogP contribution < -0.4 is 11.1 Å². The molecule has 1 atom stereocenters. The summed E-state index contributed by atoms with van der Waals surface area (Å²) in [5.41, 5.74) is 10.0. The molecule has 5 heteroatoms. The zero-order valence-electron chi connectivity index (χ0n) is 15.6. The number of rotatable bonds is 7. The molecular formula is C22H24N4O. The monoisotopic (exact) mass is 360 g/mol. The Balaban J connectivity index is 2.07. The molecule has 0 saturated carbocycles. The Hall–Kier alpha value is -3.05. The Bertz CT molecular complexity index is 912. The van der Waals surface area contributed by atoms with E-state index in [4.69, 9.17) is 5.73 Å². The molecular weight excluding hydrogens is 336 g/mol. The Morgan fingerprint density at radius 3 is 2.44 bits per heavy atom. The maximum atomic E-state index is 12.8. The van der Waals surface area contributed by atoms with Gasteiger partial charge in [0.15, 0.2) is 0 Å². The van der Waals surface area contributed by atoms with Crippen LogP contribution in [-0.4, -0.2) is 15.9 Å². The summed E-state index contributed by atoms with van der Waals surface area (Å²) in [4.78, 5) is 21.1. The minimum Gasteiger partial charge on any atom is -0.368 e. The summed E-state index contributed by atoms with van der Waals surface area (Å²) in [6, 6.07) is 13.7. The van der Waals surface area contributed by atoms with E-state index in [9.17, 15) is 4.79 Å². The fourth-order valence-electron chi connectivity index (χ4n) is 3.34. The number of carbonyl (C=O) groups is 1. The highest BCUT2D eigenvalue weighted by atomic mass is 16.1. The van der Waals surface area contributed by atoms with Crippen molar-refractivity contribution < 1.29 is 4.79 Å². The molecule has 1 aromatic carbocycles. The zero-order valence-corrected chi connectivity index (χ0v) is 15.6. The van der Waals surface area contributed by atoms with Gasteiger partial charge < -0.3 is 5.73 Å². The van der Waals surface area contributed by atoms with E-state index in [0.717, 1.165) is 27.8 Å². The molecule has 3 rings (SSSR count). The van der Waals surface area contributed by atoms with Crippen LogP contribution in [0.2, 0.25) is 0 Å². The molecule has 2 heterocycles. The predicted octanol–water partition coefficient (Wildman–Crippen LogP) is 2.81. The van der Waals surface area contributed by atoms with Crippen molar-refractivity contribution in [2.75, 3.05) is 0 Å². The summed E-state index contributed by atoms with van der Waals surface area (Å²) in [5, 5.41) is 3.45. The van der Waals surface area contributed by atoms with Gasteiger partial charge in [0.05, 0.1) is 0 Å². The highest BCUT2D eigenvalue weighted by molar-refractivity contribution is 5.87. The molecule has 0 saturated heterocycles. The number of pyridine rings is 2. The van der Waals surface area contributed by atoms with Crippen LogP contribution in [0.15, 0.2) is 67.3 Å². The molecule has 5 nitrogen and oxygen atoms in total. The lowest BCUT2D eigenvalue weighted by molar-refractivity contribution is -0.125. The van der Waals surface area contributed by atoms with E-state index in [2.05, 4.69) is 15.3 Å². The molecule has 1 amide bonds. The summed E-state index contributed by atoms with van der Waals surface area (Å²) in [5.74, 6) is -0.408. The summed E-state index contributed by atoms with van der Waals surface area (Å²) in [6.45, 7) is 4.57. The quantitative estimate of drug-likeness (QED) is 0.679. The molecule has 3 N–H and O–H groups in total. The van der Waals surface area contributed by atoms with E-state index >= 15 is 0 Å². The van der Waals surface area contributed by atoms with Crippen molar-refractivity contribution in [2.45, 2.75) is 32.4 Å². The van der Waals surface area contributed by atoms with Crippen molar-refractivity contribution in [3.8, 4) is 0 Å². The summed E-state index contributed by atoms with van der Waals surface area (Å²) in [6.07, 6.45) is 7.39. The molecule has 0 radical (unpaired) electrons. The molecule has 0 aliphatic carbocycles. The highest BCUT2D eigenvalue weighted by Gasteiger charge is 2.39. The van der Waals surface area contributed by atoms with Gasteiger partial charge in [-0.25, -0.2) is 0 Å². The molecule has 1 unspecified atom stereocenters. The van der Waals surface area contributed by atoms with Gasteiger partial charge in [-0.15, -0.1) is 0 Å². The second kappa shape index (κ2) is 8.10. The molecule has 0 aliphatic heterocycles. The van der Waals surface area contributed by atoms with E-state index in [-0.39, 0.29) is 0 Å². The van der Waals surface area contributed by atoms with E-state index in [1.54, 1.807) is 24.8 Å². The zero-order chi connectivity index (χ0) is 19.3. The van der Waals surface area contributed by atoms with Gasteiger partial charge in [0.2, 0.25) is 5.91 Å². The fraction of sp³-hybridized carbons (Fsp3) is 0.227. The van der Waals surface area contributed by atoms with Crippen molar-refractivity contribution >= 4 is 5.91 Å². The number of carbonyl (C=O) groups excluding carboxylic acids is 1. The van der Waals surface area contributed by atoms with Gasteiger partial charge in [0.25, 0.3) is 0 Å². The largest absolute Gasteiger partial charge is 0.368 e. The molecule has 0 bridgehead atoms. The van der Waals surface area contributed by atoms with Gasteiger partial charge in [-0.2, -0.15) is 0 Å². The summed E-state index contributed by atoms with van der Waals surface area (Å²) >= 11 is 0. The minimum atomic E-state index is -1.04. The van der Waals surface area contributed by atoms with Crippen LogP contribution >= 0.6 is 0 Å². The third kappa shape index (κ3) is 4.04. The number of hydrogen-bond acceptors (Lipinski definition) is 4. The van der Waals surface area contributed by atoms with Gasteiger partial charge in [-0.3, -0.25) is 20.1 Å². The Labute approximate surface area is 159 Å². The van der Waals surface area contributed by atoms with Crippen molar-refractivity contribution in [1.29, 1.82) is 0 Å². The number of nitrogens with two attached hydrogens (primary N) is 1. The minimum absolute atomic E-state index is 0.408. The molecule has 2 aromatic heterocycles. The average molecular weight is 360 g/mol. The molecule has 3 aromatic rings. The third-order valence-corrected chi connectivity index (χ3v) is 5.02. The van der Waals surface area contributed by atoms with Crippen LogP contribution in [0.4, 0.5) is 0 Å². The van der Waals surface area contributed by atoms with Crippen molar-refractivity contribution in [1.82, 2.24) is 15.3 Å². The lowest BCUT2D eigenvalue weighted by Gasteiger charge is -2.34. The van der Waals surface area contributed by atoms with Gasteiger partial charge in [-0.05, 0) is 59.9 Å². The topological polar surface area (TPSA) is 80.9 Å². The van der Waals surface area contributed by atoms with Crippen molar-refractivity contribution in [3.63, 3.8) is 0 Å². The second-order valence-electron chi connectivity index (χ2n) is 6.76. The first-order valence-electron chi connectivity index (χ1n) is 8.92. The van der Waals surface area contributed by atoms with Gasteiger partial charge in [0, 0.05) is 37.8 Å². The molecule has 0 spiro atoms. The molecule has 138 valence electrons. The van der Waals surface area contributed by atoms with Gasteiger partial charge in [0.1, 0.15) is 5.54 Å². The Morgan fingerprint density at radius 2 is 1.78 bits per heavy atom. The molecule has 0 fully saturated rings. The van der Waals surface area contributed by atoms with Crippen molar-refractivity contribution in [2.24, 2.45) is 5.73 Å². The first kappa shape index (κ1) is 18.7. The lowest BCUT2D eigenvalue weighted by atomic mass is 9.80. The second-order valence-corrected chi connectivity index (χ2v) is 6.76. The number of hydrogen-bond donors (Lipinski definition) is 2. The first-order chi connectivity index (χ1) is 13.0. The van der Waals surface area contributed by atoms with Crippen LogP contribution in [-0.2, 0) is 23.3 Å². The van der Waals surface area contributed by atoms with E-state index in [1.165, 1.54) is 0 Å². The van der Waals surface area contributed by atoms with Crippen LogP contribution in [0.5, 0.6) is 0 Å². The van der Waals surface area contributed by atoms with Crippen LogP contribution in [0.25, 0.3) is 0 Å². The smallest absolute Gasteiger partial charge is 0.242 e. The Morgan fingerprint density at radius 1 is 1.00 bits per heavy atom. The summed E-state index contributed by atoms with van der Waals surface area (Å²) in [7, 11) is 0. The average Bonchev–Trinajstić information content (AvgIpc) is 2.69. The number of primary amides is 1. The summed E-state index contributed by atoms with van der Waals surface area (Å²) < 4.78 is 0. The van der Waals surface area contributed by atoms with E-state index in [1.807, 2.05) is 56.3 Å². The van der Waals surface area contributed by atoms with Crippen LogP contribution in [0, 0.1) is 13.8 Å². The standard InChI is InChI=1S/C22H24N4O/c1-16-5-3-7-20(17(16)2)22(21(23)27,13-19-6-4-10-25-14-19)26-15-18-8-11-24-12-9-18/h3-12,14,26H,13,15H2,1-2H3,(H2,23,27). The number of aromatic nitrogens is 2. The maximum absolute atomic E-state index is 12.8. The van der Waals surface area contributed by atoms with Crippen LogP contribution in [0.3, 0.4) is 0 Å². The van der Waals surface area contributed by atoms with Gasteiger partial charge >= 0.3 is 0 Å². The number of benzene rings is 1. The van der Waals surface area contributed by atoms with E-state index < -0.39 is 11.4 Å². The SMILES string of the molecule is Cc1cccc(C(Cc2cccnc2)(NCc2ccncc2)C(N)=O)c1C. The molecule has 27 heavy (non-hydrogen) atoms. The Kier molecular flexibility index (Phi) is 5.62. The number of nitrogens with zero attached hydrogens (tertiary/aromatic N) is 2. The van der Waals surface area contributed by atoms with Gasteiger partial charge in [-0.1, -0.05) is 24.3 Å². The number of nitrogens with one attached hydrogen (secondary N) is 1. The first-order valence-corrected chi connectivity index (χ1v) is 8.92. The van der Waals surface area contributed by atoms with E-state index in [0.29, 0.717) is 13.0 Å². The highest BCUT2D eigenvalue weighted by Crippen LogP contribution is 2.30. The molecule has 0 aliphatic rings. The number of aryl methyl sites for hydroxylation is 1. The number of amides is 1.